The first-order chi connectivity index (χ1) is 14.7. The van der Waals surface area contributed by atoms with Crippen molar-refractivity contribution in [2.24, 2.45) is 5.73 Å². The van der Waals surface area contributed by atoms with E-state index in [1.165, 1.54) is 11.1 Å². The lowest BCUT2D eigenvalue weighted by Gasteiger charge is -2.26. The lowest BCUT2D eigenvalue weighted by molar-refractivity contribution is 0.313. The van der Waals surface area contributed by atoms with Crippen molar-refractivity contribution in [1.82, 2.24) is 10.2 Å². The summed E-state index contributed by atoms with van der Waals surface area (Å²) in [6, 6.07) is 13.9. The van der Waals surface area contributed by atoms with E-state index in [0.29, 0.717) is 31.8 Å². The maximum Gasteiger partial charge on any atom is 0.127 e. The highest BCUT2D eigenvalue weighted by Gasteiger charge is 2.31. The number of nitrogens with one attached hydrogen (secondary N) is 1. The van der Waals surface area contributed by atoms with E-state index in [9.17, 15) is 0 Å². The quantitative estimate of drug-likeness (QED) is 0.803. The van der Waals surface area contributed by atoms with Gasteiger partial charge >= 0.3 is 0 Å². The Kier molecular flexibility index (Phi) is 5.34. The number of ether oxygens (including phenoxy) is 2. The Hall–Kier alpha value is -2.60. The van der Waals surface area contributed by atoms with Crippen LogP contribution in [0.3, 0.4) is 0 Å². The highest BCUT2D eigenvalue weighted by Crippen LogP contribution is 2.34. The Bertz CT molecular complexity index is 919. The molecule has 3 N–H and O–H groups in total. The van der Waals surface area contributed by atoms with Gasteiger partial charge in [0.2, 0.25) is 0 Å². The maximum absolute atomic E-state index is 5.98. The summed E-state index contributed by atoms with van der Waals surface area (Å²) in [5, 5.41) is 3.93. The van der Waals surface area contributed by atoms with Crippen LogP contribution < -0.4 is 20.5 Å². The van der Waals surface area contributed by atoms with E-state index in [4.69, 9.17) is 15.2 Å². The number of nitrogens with zero attached hydrogens (tertiary/aromatic N) is 1. The molecular formula is C25H29N3O2. The van der Waals surface area contributed by atoms with Crippen molar-refractivity contribution in [1.29, 1.82) is 0 Å². The van der Waals surface area contributed by atoms with Crippen LogP contribution in [0.1, 0.15) is 34.7 Å². The zero-order valence-corrected chi connectivity index (χ0v) is 17.4. The summed E-state index contributed by atoms with van der Waals surface area (Å²) in [6.45, 7) is 2.97. The minimum atomic E-state index is 0.0844. The molecule has 0 bridgehead atoms. The molecule has 2 aromatic carbocycles. The van der Waals surface area contributed by atoms with Gasteiger partial charge in [-0.3, -0.25) is 0 Å². The average molecular weight is 404 g/mol. The fraction of sp³-hybridized carbons (Fsp3) is 0.360. The fourth-order valence-corrected chi connectivity index (χ4v) is 4.74. The van der Waals surface area contributed by atoms with Gasteiger partial charge in [-0.25, -0.2) is 0 Å². The largest absolute Gasteiger partial charge is 0.489 e. The topological polar surface area (TPSA) is 59.8 Å². The van der Waals surface area contributed by atoms with Crippen molar-refractivity contribution < 1.29 is 9.47 Å². The highest BCUT2D eigenvalue weighted by molar-refractivity contribution is 5.63. The molecule has 5 heteroatoms. The molecule has 0 amide bonds. The molecule has 1 fully saturated rings. The van der Waals surface area contributed by atoms with Crippen LogP contribution in [0.4, 0.5) is 0 Å². The van der Waals surface area contributed by atoms with Crippen LogP contribution in [-0.2, 0) is 0 Å². The van der Waals surface area contributed by atoms with E-state index in [1.54, 1.807) is 0 Å². The van der Waals surface area contributed by atoms with E-state index < -0.39 is 0 Å². The van der Waals surface area contributed by atoms with Gasteiger partial charge in [-0.2, -0.15) is 0 Å². The van der Waals surface area contributed by atoms with Crippen molar-refractivity contribution in [2.45, 2.75) is 24.5 Å². The number of likely N-dealkylation sites (N-methyl/N-ethyl adjacent to an activating group) is 1. The Morgan fingerprint density at radius 3 is 2.13 bits per heavy atom. The first-order valence-electron chi connectivity index (χ1n) is 10.7. The predicted octanol–water partition coefficient (Wildman–Crippen LogP) is 3.21. The Balaban J connectivity index is 1.50. The van der Waals surface area contributed by atoms with Gasteiger partial charge < -0.3 is 25.4 Å². The highest BCUT2D eigenvalue weighted by atomic mass is 16.5. The van der Waals surface area contributed by atoms with Gasteiger partial charge in [-0.15, -0.1) is 0 Å². The predicted molar refractivity (Wildman–Crippen MR) is 121 cm³/mol. The average Bonchev–Trinajstić information content (AvgIpc) is 3.16. The first-order valence-corrected chi connectivity index (χ1v) is 10.7. The number of nitrogens with two attached hydrogens (primary N) is 1. The van der Waals surface area contributed by atoms with E-state index >= 15 is 0 Å². The zero-order chi connectivity index (χ0) is 20.5. The minimum absolute atomic E-state index is 0.0844. The van der Waals surface area contributed by atoms with E-state index in [-0.39, 0.29) is 6.04 Å². The Labute approximate surface area is 178 Å². The second-order valence-corrected chi connectivity index (χ2v) is 8.38. The summed E-state index contributed by atoms with van der Waals surface area (Å²) < 4.78 is 11.5. The lowest BCUT2D eigenvalue weighted by atomic mass is 9.93. The van der Waals surface area contributed by atoms with Crippen molar-refractivity contribution in [3.8, 4) is 11.5 Å². The molecule has 2 aromatic rings. The fourth-order valence-electron chi connectivity index (χ4n) is 4.74. The third kappa shape index (κ3) is 3.76. The van der Waals surface area contributed by atoms with Crippen molar-refractivity contribution in [3.05, 3.63) is 70.8 Å². The molecule has 3 heterocycles. The molecule has 3 aliphatic heterocycles. The van der Waals surface area contributed by atoms with Gasteiger partial charge in [0.15, 0.2) is 0 Å². The van der Waals surface area contributed by atoms with E-state index in [2.05, 4.69) is 78.0 Å². The molecule has 1 saturated heterocycles. The summed E-state index contributed by atoms with van der Waals surface area (Å²) in [5.41, 5.74) is 10.7. The second kappa shape index (κ2) is 8.26. The van der Waals surface area contributed by atoms with Crippen molar-refractivity contribution in [3.63, 3.8) is 0 Å². The standard InChI is InChI=1S/C25H29N3O2/c1-28-16-21(14-22(28)15-26)27-25(19-6-8-23-17(12-19)4-2-10-29-23)20-7-9-24-18(13-20)5-3-11-30-24/h2-9,12-13,21-22,25,27H,10-11,14-16,26H2,1H3. The number of rotatable bonds is 5. The lowest BCUT2D eigenvalue weighted by Crippen LogP contribution is -2.35. The van der Waals surface area contributed by atoms with E-state index in [0.717, 1.165) is 35.6 Å². The van der Waals surface area contributed by atoms with E-state index in [1.807, 2.05) is 0 Å². The molecule has 0 aliphatic carbocycles. The molecule has 2 unspecified atom stereocenters. The molecule has 0 radical (unpaired) electrons. The summed E-state index contributed by atoms with van der Waals surface area (Å²) in [4.78, 5) is 2.36. The third-order valence-corrected chi connectivity index (χ3v) is 6.36. The third-order valence-electron chi connectivity index (χ3n) is 6.36. The van der Waals surface area contributed by atoms with Gasteiger partial charge in [-0.05, 0) is 61.0 Å². The number of hydrogen-bond donors (Lipinski definition) is 2. The molecule has 5 nitrogen and oxygen atoms in total. The van der Waals surface area contributed by atoms with Gasteiger partial charge in [0.05, 0.1) is 6.04 Å². The molecule has 156 valence electrons. The van der Waals surface area contributed by atoms with Gasteiger partial charge in [0.1, 0.15) is 24.7 Å². The number of hydrogen-bond acceptors (Lipinski definition) is 5. The van der Waals surface area contributed by atoms with Gasteiger partial charge in [0.25, 0.3) is 0 Å². The SMILES string of the molecule is CN1CC(NC(c2ccc3c(c2)C=CCO3)c2ccc3c(c2)C=CCO3)CC1CN. The first kappa shape index (κ1) is 19.4. The number of fused-ring (bicyclic) bond motifs is 2. The summed E-state index contributed by atoms with van der Waals surface area (Å²) >= 11 is 0. The summed E-state index contributed by atoms with van der Waals surface area (Å²) in [6.07, 6.45) is 9.49. The molecule has 2 atom stereocenters. The number of benzene rings is 2. The second-order valence-electron chi connectivity index (χ2n) is 8.38. The summed E-state index contributed by atoms with van der Waals surface area (Å²) in [7, 11) is 2.16. The molecule has 0 spiro atoms. The van der Waals surface area contributed by atoms with Crippen LogP contribution in [0, 0.1) is 0 Å². The number of likely N-dealkylation sites (tertiary alicyclic amines) is 1. The van der Waals surface area contributed by atoms with Crippen LogP contribution in [0.25, 0.3) is 12.2 Å². The molecular weight excluding hydrogens is 374 g/mol. The van der Waals surface area contributed by atoms with Gasteiger partial charge in [-0.1, -0.05) is 24.3 Å². The summed E-state index contributed by atoms with van der Waals surface area (Å²) in [5.74, 6) is 1.90. The maximum atomic E-state index is 5.98. The molecule has 5 rings (SSSR count). The van der Waals surface area contributed by atoms with Crippen LogP contribution in [-0.4, -0.2) is 50.3 Å². The van der Waals surface area contributed by atoms with Crippen LogP contribution in [0.2, 0.25) is 0 Å². The Morgan fingerprint density at radius 2 is 1.60 bits per heavy atom. The minimum Gasteiger partial charge on any atom is -0.489 e. The van der Waals surface area contributed by atoms with Crippen LogP contribution in [0.15, 0.2) is 48.6 Å². The Morgan fingerprint density at radius 1 is 1.00 bits per heavy atom. The van der Waals surface area contributed by atoms with Gasteiger partial charge in [0, 0.05) is 36.3 Å². The molecule has 3 aliphatic rings. The molecule has 30 heavy (non-hydrogen) atoms. The van der Waals surface area contributed by atoms with Crippen molar-refractivity contribution in [2.75, 3.05) is 33.4 Å². The van der Waals surface area contributed by atoms with Crippen LogP contribution in [0.5, 0.6) is 11.5 Å². The van der Waals surface area contributed by atoms with Crippen LogP contribution >= 0.6 is 0 Å². The molecule has 0 aromatic heterocycles. The smallest absolute Gasteiger partial charge is 0.127 e. The normalized spacial score (nSPS) is 22.5. The monoisotopic (exact) mass is 403 g/mol. The molecule has 0 saturated carbocycles. The zero-order valence-electron chi connectivity index (χ0n) is 17.4. The van der Waals surface area contributed by atoms with Crippen molar-refractivity contribution >= 4 is 12.2 Å².